The molecule has 1 amide bonds. The van der Waals surface area contributed by atoms with Crippen molar-refractivity contribution in [1.82, 2.24) is 20.3 Å². The lowest BCUT2D eigenvalue weighted by atomic mass is 9.95. The summed E-state index contributed by atoms with van der Waals surface area (Å²) in [5, 5.41) is 3.05. The third-order valence-corrected chi connectivity index (χ3v) is 3.96. The van der Waals surface area contributed by atoms with Gasteiger partial charge in [-0.25, -0.2) is 9.97 Å². The number of hydrogen-bond acceptors (Lipinski definition) is 5. The lowest BCUT2D eigenvalue weighted by Gasteiger charge is -2.19. The molecule has 1 saturated heterocycles. The minimum atomic E-state index is -0.172. The van der Waals surface area contributed by atoms with E-state index in [4.69, 9.17) is 4.74 Å². The summed E-state index contributed by atoms with van der Waals surface area (Å²) in [7, 11) is 0. The topological polar surface area (TPSA) is 77.0 Å². The zero-order valence-electron chi connectivity index (χ0n) is 13.3. The summed E-state index contributed by atoms with van der Waals surface area (Å²) < 4.78 is 5.56. The van der Waals surface area contributed by atoms with E-state index >= 15 is 0 Å². The minimum absolute atomic E-state index is 0.00811. The van der Waals surface area contributed by atoms with E-state index in [2.05, 4.69) is 20.3 Å². The first-order valence-corrected chi connectivity index (χ1v) is 7.71. The Hall–Kier alpha value is -2.34. The first-order chi connectivity index (χ1) is 11.1. The maximum atomic E-state index is 12.4. The molecule has 3 heterocycles. The number of pyridine rings is 1. The van der Waals surface area contributed by atoms with Crippen LogP contribution in [0.3, 0.4) is 0 Å². The molecule has 1 N–H and O–H groups in total. The van der Waals surface area contributed by atoms with Crippen LogP contribution >= 0.6 is 0 Å². The average molecular weight is 312 g/mol. The fraction of sp³-hybridized carbons (Fsp3) is 0.412. The van der Waals surface area contributed by atoms with Gasteiger partial charge in [-0.2, -0.15) is 0 Å². The van der Waals surface area contributed by atoms with Crippen molar-refractivity contribution in [2.75, 3.05) is 13.2 Å². The number of ether oxygens (including phenoxy) is 1. The molecule has 1 aliphatic heterocycles. The molecule has 1 fully saturated rings. The van der Waals surface area contributed by atoms with E-state index in [1.807, 2.05) is 19.1 Å². The van der Waals surface area contributed by atoms with Crippen molar-refractivity contribution in [2.24, 2.45) is 5.92 Å². The summed E-state index contributed by atoms with van der Waals surface area (Å²) in [4.78, 5) is 24.9. The number of hydrogen-bond donors (Lipinski definition) is 1. The Balaban J connectivity index is 1.67. The summed E-state index contributed by atoms with van der Waals surface area (Å²) in [5.74, 6) is 0.686. The van der Waals surface area contributed by atoms with Crippen molar-refractivity contribution in [3.63, 3.8) is 0 Å². The molecule has 2 atom stereocenters. The molecule has 0 aliphatic carbocycles. The van der Waals surface area contributed by atoms with Crippen molar-refractivity contribution >= 4 is 5.91 Å². The zero-order valence-corrected chi connectivity index (χ0v) is 13.3. The molecule has 0 aromatic carbocycles. The number of nitrogens with one attached hydrogen (secondary N) is 1. The summed E-state index contributed by atoms with van der Waals surface area (Å²) in [6, 6.07) is 5.69. The van der Waals surface area contributed by atoms with E-state index in [0.717, 1.165) is 12.1 Å². The number of aromatic nitrogens is 3. The quantitative estimate of drug-likeness (QED) is 0.925. The van der Waals surface area contributed by atoms with Crippen LogP contribution in [-0.4, -0.2) is 40.1 Å². The predicted octanol–water partition coefficient (Wildman–Crippen LogP) is 1.48. The van der Waals surface area contributed by atoms with E-state index < -0.39 is 0 Å². The van der Waals surface area contributed by atoms with Gasteiger partial charge >= 0.3 is 0 Å². The van der Waals surface area contributed by atoms with Crippen LogP contribution in [0.25, 0.3) is 0 Å². The van der Waals surface area contributed by atoms with Gasteiger partial charge in [-0.1, -0.05) is 0 Å². The standard InChI is InChI=1S/C17H20N4O2/c1-11-7-15(20-12(2)19-11)17(22)21-16-10-23-9-14(16)8-13-3-5-18-6-4-13/h3-7,14,16H,8-10H2,1-2H3,(H,21,22)/t14-,16-/m1/s1. The van der Waals surface area contributed by atoms with Crippen LogP contribution in [0.5, 0.6) is 0 Å². The lowest BCUT2D eigenvalue weighted by Crippen LogP contribution is -2.41. The molecular formula is C17H20N4O2. The number of rotatable bonds is 4. The van der Waals surface area contributed by atoms with E-state index in [9.17, 15) is 4.79 Å². The van der Waals surface area contributed by atoms with Gasteiger partial charge in [0.15, 0.2) is 0 Å². The Bertz CT molecular complexity index is 670. The number of carbonyl (C=O) groups is 1. The van der Waals surface area contributed by atoms with Crippen molar-refractivity contribution in [2.45, 2.75) is 26.3 Å². The molecule has 0 unspecified atom stereocenters. The Labute approximate surface area is 135 Å². The normalized spacial score (nSPS) is 20.4. The Morgan fingerprint density at radius 1 is 1.26 bits per heavy atom. The summed E-state index contributed by atoms with van der Waals surface area (Å²) >= 11 is 0. The highest BCUT2D eigenvalue weighted by Crippen LogP contribution is 2.19. The van der Waals surface area contributed by atoms with Gasteiger partial charge in [-0.3, -0.25) is 9.78 Å². The lowest BCUT2D eigenvalue weighted by molar-refractivity contribution is 0.0919. The average Bonchev–Trinajstić information content (AvgIpc) is 2.94. The summed E-state index contributed by atoms with van der Waals surface area (Å²) in [6.07, 6.45) is 4.42. The van der Waals surface area contributed by atoms with Gasteiger partial charge in [-0.05, 0) is 44.0 Å². The molecule has 1 aliphatic rings. The van der Waals surface area contributed by atoms with Crippen LogP contribution in [0.15, 0.2) is 30.6 Å². The van der Waals surface area contributed by atoms with Gasteiger partial charge in [0.25, 0.3) is 5.91 Å². The first kappa shape index (κ1) is 15.6. The van der Waals surface area contributed by atoms with Gasteiger partial charge in [0.05, 0.1) is 19.3 Å². The number of amides is 1. The Morgan fingerprint density at radius 2 is 2.04 bits per heavy atom. The Kier molecular flexibility index (Phi) is 4.62. The second kappa shape index (κ2) is 6.83. The fourth-order valence-corrected chi connectivity index (χ4v) is 2.86. The number of carbonyl (C=O) groups excluding carboxylic acids is 1. The molecule has 120 valence electrons. The van der Waals surface area contributed by atoms with E-state index in [1.54, 1.807) is 25.4 Å². The largest absolute Gasteiger partial charge is 0.379 e. The molecule has 0 spiro atoms. The number of nitrogens with zero attached hydrogens (tertiary/aromatic N) is 3. The van der Waals surface area contributed by atoms with E-state index in [-0.39, 0.29) is 17.9 Å². The summed E-state index contributed by atoms with van der Waals surface area (Å²) in [6.45, 7) is 4.82. The second-order valence-corrected chi connectivity index (χ2v) is 5.88. The maximum Gasteiger partial charge on any atom is 0.270 e. The first-order valence-electron chi connectivity index (χ1n) is 7.71. The summed E-state index contributed by atoms with van der Waals surface area (Å²) in [5.41, 5.74) is 2.40. The molecule has 0 saturated carbocycles. The molecule has 0 bridgehead atoms. The van der Waals surface area contributed by atoms with Crippen LogP contribution in [0.2, 0.25) is 0 Å². The molecule has 2 aromatic rings. The van der Waals surface area contributed by atoms with Gasteiger partial charge < -0.3 is 10.1 Å². The molecular weight excluding hydrogens is 292 g/mol. The fourth-order valence-electron chi connectivity index (χ4n) is 2.86. The third kappa shape index (κ3) is 3.90. The van der Waals surface area contributed by atoms with Crippen LogP contribution in [0.1, 0.15) is 27.6 Å². The van der Waals surface area contributed by atoms with Crippen LogP contribution in [-0.2, 0) is 11.2 Å². The van der Waals surface area contributed by atoms with E-state index in [1.165, 1.54) is 5.56 Å². The van der Waals surface area contributed by atoms with Gasteiger partial charge in [-0.15, -0.1) is 0 Å². The van der Waals surface area contributed by atoms with Crippen LogP contribution in [0, 0.1) is 19.8 Å². The monoisotopic (exact) mass is 312 g/mol. The van der Waals surface area contributed by atoms with Gasteiger partial charge in [0.2, 0.25) is 0 Å². The second-order valence-electron chi connectivity index (χ2n) is 5.88. The highest BCUT2D eigenvalue weighted by Gasteiger charge is 2.30. The predicted molar refractivity (Wildman–Crippen MR) is 85.0 cm³/mol. The molecule has 0 radical (unpaired) electrons. The van der Waals surface area contributed by atoms with Crippen molar-refractivity contribution in [1.29, 1.82) is 0 Å². The molecule has 6 heteroatoms. The van der Waals surface area contributed by atoms with Gasteiger partial charge in [0.1, 0.15) is 11.5 Å². The van der Waals surface area contributed by atoms with Gasteiger partial charge in [0, 0.05) is 24.0 Å². The molecule has 23 heavy (non-hydrogen) atoms. The molecule has 3 rings (SSSR count). The smallest absolute Gasteiger partial charge is 0.270 e. The SMILES string of the molecule is Cc1cc(C(=O)N[C@@H]2COC[C@H]2Cc2ccncc2)nc(C)n1. The highest BCUT2D eigenvalue weighted by atomic mass is 16.5. The minimum Gasteiger partial charge on any atom is -0.379 e. The van der Waals surface area contributed by atoms with Crippen molar-refractivity contribution in [3.8, 4) is 0 Å². The third-order valence-electron chi connectivity index (χ3n) is 3.96. The van der Waals surface area contributed by atoms with Crippen LogP contribution in [0.4, 0.5) is 0 Å². The van der Waals surface area contributed by atoms with Crippen molar-refractivity contribution in [3.05, 3.63) is 53.4 Å². The Morgan fingerprint density at radius 3 is 2.78 bits per heavy atom. The molecule has 2 aromatic heterocycles. The van der Waals surface area contributed by atoms with Crippen molar-refractivity contribution < 1.29 is 9.53 Å². The zero-order chi connectivity index (χ0) is 16.2. The maximum absolute atomic E-state index is 12.4. The molecule has 6 nitrogen and oxygen atoms in total. The number of aryl methyl sites for hydroxylation is 2. The highest BCUT2D eigenvalue weighted by molar-refractivity contribution is 5.92. The van der Waals surface area contributed by atoms with Crippen LogP contribution < -0.4 is 5.32 Å². The van der Waals surface area contributed by atoms with E-state index in [0.29, 0.717) is 24.7 Å².